The van der Waals surface area contributed by atoms with Gasteiger partial charge in [-0.25, -0.2) is 4.98 Å². The third kappa shape index (κ3) is 4.19. The molecule has 7 heteroatoms. The van der Waals surface area contributed by atoms with Crippen LogP contribution in [0.2, 0.25) is 0 Å². The van der Waals surface area contributed by atoms with Crippen molar-refractivity contribution in [2.24, 2.45) is 0 Å². The van der Waals surface area contributed by atoms with Crippen LogP contribution in [0.25, 0.3) is 10.8 Å². The van der Waals surface area contributed by atoms with Crippen LogP contribution >= 0.6 is 11.3 Å². The number of β-amino-alcohol motifs (C(OH)–C–C–N with tert-alkyl or cyclic N) is 1. The lowest BCUT2D eigenvalue weighted by atomic mass is 10.2. The zero-order chi connectivity index (χ0) is 16.2. The molecule has 3 heterocycles. The van der Waals surface area contributed by atoms with E-state index in [0.717, 1.165) is 18.0 Å². The Kier molecular flexibility index (Phi) is 5.09. The lowest BCUT2D eigenvalue weighted by Gasteiger charge is -2.35. The lowest BCUT2D eigenvalue weighted by Crippen LogP contribution is -2.50. The molecule has 0 aliphatic carbocycles. The van der Waals surface area contributed by atoms with Crippen molar-refractivity contribution in [1.82, 2.24) is 14.8 Å². The molecule has 0 aromatic carbocycles. The molecule has 1 saturated heterocycles. The number of hydrogen-bond acceptors (Lipinski definition) is 6. The van der Waals surface area contributed by atoms with Crippen LogP contribution in [0.15, 0.2) is 28.2 Å². The number of aliphatic hydroxyl groups excluding tert-OH is 1. The van der Waals surface area contributed by atoms with Gasteiger partial charge in [0.1, 0.15) is 6.26 Å². The van der Waals surface area contributed by atoms with Crippen molar-refractivity contribution in [2.75, 3.05) is 32.7 Å². The Morgan fingerprint density at radius 2 is 2.22 bits per heavy atom. The molecule has 1 N–H and O–H groups in total. The van der Waals surface area contributed by atoms with Crippen molar-refractivity contribution in [3.8, 4) is 10.8 Å². The Hall–Kier alpha value is -1.70. The SMILES string of the molecule is CC(O)CN1CCN(C(=O)Cc2coc(-c3cccs3)n2)CC1. The van der Waals surface area contributed by atoms with E-state index in [4.69, 9.17) is 4.42 Å². The van der Waals surface area contributed by atoms with Gasteiger partial charge in [-0.3, -0.25) is 9.69 Å². The molecule has 0 bridgehead atoms. The first-order valence-electron chi connectivity index (χ1n) is 7.78. The minimum atomic E-state index is -0.331. The van der Waals surface area contributed by atoms with Gasteiger partial charge in [0, 0.05) is 32.7 Å². The van der Waals surface area contributed by atoms with E-state index in [1.54, 1.807) is 24.5 Å². The maximum atomic E-state index is 12.4. The molecule has 1 unspecified atom stereocenters. The number of thiophene rings is 1. The van der Waals surface area contributed by atoms with E-state index in [1.807, 2.05) is 22.4 Å². The summed E-state index contributed by atoms with van der Waals surface area (Å²) in [6.45, 7) is 5.44. The van der Waals surface area contributed by atoms with Crippen LogP contribution in [-0.4, -0.2) is 64.6 Å². The number of carbonyl (C=O) groups is 1. The van der Waals surface area contributed by atoms with Gasteiger partial charge in [-0.15, -0.1) is 11.3 Å². The monoisotopic (exact) mass is 335 g/mol. The van der Waals surface area contributed by atoms with Crippen molar-refractivity contribution < 1.29 is 14.3 Å². The van der Waals surface area contributed by atoms with Crippen LogP contribution in [0.1, 0.15) is 12.6 Å². The van der Waals surface area contributed by atoms with E-state index in [2.05, 4.69) is 9.88 Å². The number of hydrogen-bond donors (Lipinski definition) is 1. The molecule has 2 aromatic rings. The summed E-state index contributed by atoms with van der Waals surface area (Å²) in [6.07, 6.45) is 1.50. The number of aromatic nitrogens is 1. The Morgan fingerprint density at radius 1 is 1.43 bits per heavy atom. The second kappa shape index (κ2) is 7.25. The van der Waals surface area contributed by atoms with Gasteiger partial charge in [0.2, 0.25) is 11.8 Å². The van der Waals surface area contributed by atoms with Crippen molar-refractivity contribution >= 4 is 17.2 Å². The summed E-state index contributed by atoms with van der Waals surface area (Å²) >= 11 is 1.56. The second-order valence-corrected chi connectivity index (χ2v) is 6.78. The normalized spacial score (nSPS) is 17.4. The Balaban J connectivity index is 1.52. The molecular formula is C16H21N3O3S. The molecular weight excluding hydrogens is 314 g/mol. The number of piperazine rings is 1. The highest BCUT2D eigenvalue weighted by Gasteiger charge is 2.22. The van der Waals surface area contributed by atoms with Crippen molar-refractivity contribution in [2.45, 2.75) is 19.4 Å². The van der Waals surface area contributed by atoms with E-state index in [0.29, 0.717) is 31.2 Å². The Morgan fingerprint density at radius 3 is 2.87 bits per heavy atom. The molecule has 1 amide bonds. The van der Waals surface area contributed by atoms with Gasteiger partial charge in [0.25, 0.3) is 0 Å². The number of nitrogens with zero attached hydrogens (tertiary/aromatic N) is 3. The summed E-state index contributed by atoms with van der Waals surface area (Å²) in [4.78, 5) is 21.8. The van der Waals surface area contributed by atoms with E-state index in [-0.39, 0.29) is 18.4 Å². The summed E-state index contributed by atoms with van der Waals surface area (Å²) in [5.41, 5.74) is 0.671. The van der Waals surface area contributed by atoms with Gasteiger partial charge >= 0.3 is 0 Å². The molecule has 124 valence electrons. The predicted octanol–water partition coefficient (Wildman–Crippen LogP) is 1.47. The molecule has 0 saturated carbocycles. The average Bonchev–Trinajstić information content (AvgIpc) is 3.18. The molecule has 1 aliphatic heterocycles. The van der Waals surface area contributed by atoms with Gasteiger partial charge < -0.3 is 14.4 Å². The van der Waals surface area contributed by atoms with Gasteiger partial charge in [0.15, 0.2) is 0 Å². The standard InChI is InChI=1S/C16H21N3O3S/c1-12(20)10-18-4-6-19(7-5-18)15(21)9-13-11-22-16(17-13)14-3-2-8-23-14/h2-3,8,11-12,20H,4-7,9-10H2,1H3. The van der Waals surface area contributed by atoms with Crippen molar-refractivity contribution in [3.05, 3.63) is 29.5 Å². The Bertz CT molecular complexity index is 631. The first-order chi connectivity index (χ1) is 11.1. The summed E-state index contributed by atoms with van der Waals surface area (Å²) < 4.78 is 5.45. The molecule has 3 rings (SSSR count). The fourth-order valence-corrected chi connectivity index (χ4v) is 3.38. The largest absolute Gasteiger partial charge is 0.444 e. The smallest absolute Gasteiger partial charge is 0.236 e. The topological polar surface area (TPSA) is 69.8 Å². The zero-order valence-electron chi connectivity index (χ0n) is 13.1. The quantitative estimate of drug-likeness (QED) is 0.896. The van der Waals surface area contributed by atoms with Crippen molar-refractivity contribution in [1.29, 1.82) is 0 Å². The molecule has 23 heavy (non-hydrogen) atoms. The first-order valence-corrected chi connectivity index (χ1v) is 8.66. The molecule has 1 fully saturated rings. The molecule has 1 atom stereocenters. The molecule has 0 radical (unpaired) electrons. The van der Waals surface area contributed by atoms with E-state index >= 15 is 0 Å². The second-order valence-electron chi connectivity index (χ2n) is 5.83. The summed E-state index contributed by atoms with van der Waals surface area (Å²) in [5.74, 6) is 0.650. The molecule has 0 spiro atoms. The van der Waals surface area contributed by atoms with Gasteiger partial charge in [0.05, 0.1) is 23.1 Å². The van der Waals surface area contributed by atoms with Crippen LogP contribution in [0, 0.1) is 0 Å². The molecule has 2 aromatic heterocycles. The van der Waals surface area contributed by atoms with Crippen LogP contribution in [0.4, 0.5) is 0 Å². The molecule has 6 nitrogen and oxygen atoms in total. The number of oxazole rings is 1. The van der Waals surface area contributed by atoms with Crippen LogP contribution in [0.5, 0.6) is 0 Å². The summed E-state index contributed by atoms with van der Waals surface area (Å²) in [7, 11) is 0. The lowest BCUT2D eigenvalue weighted by molar-refractivity contribution is -0.132. The highest BCUT2D eigenvalue weighted by atomic mass is 32.1. The van der Waals surface area contributed by atoms with Crippen LogP contribution < -0.4 is 0 Å². The van der Waals surface area contributed by atoms with Gasteiger partial charge in [-0.05, 0) is 18.4 Å². The fraction of sp³-hybridized carbons (Fsp3) is 0.500. The number of rotatable bonds is 5. The number of aliphatic hydroxyl groups is 1. The third-order valence-electron chi connectivity index (χ3n) is 3.86. The van der Waals surface area contributed by atoms with E-state index in [1.165, 1.54) is 0 Å². The number of amides is 1. The number of carbonyl (C=O) groups excluding carboxylic acids is 1. The average molecular weight is 335 g/mol. The highest BCUT2D eigenvalue weighted by molar-refractivity contribution is 7.13. The van der Waals surface area contributed by atoms with Gasteiger partial charge in [-0.2, -0.15) is 0 Å². The van der Waals surface area contributed by atoms with E-state index < -0.39 is 0 Å². The van der Waals surface area contributed by atoms with Gasteiger partial charge in [-0.1, -0.05) is 6.07 Å². The Labute approximate surface area is 139 Å². The zero-order valence-corrected chi connectivity index (χ0v) is 14.0. The highest BCUT2D eigenvalue weighted by Crippen LogP contribution is 2.23. The maximum Gasteiger partial charge on any atom is 0.236 e. The minimum Gasteiger partial charge on any atom is -0.444 e. The van der Waals surface area contributed by atoms with E-state index in [9.17, 15) is 9.90 Å². The minimum absolute atomic E-state index is 0.0766. The van der Waals surface area contributed by atoms with Crippen LogP contribution in [0.3, 0.4) is 0 Å². The summed E-state index contributed by atoms with van der Waals surface area (Å²) in [5, 5.41) is 11.4. The maximum absolute atomic E-state index is 12.4. The molecule has 1 aliphatic rings. The first kappa shape index (κ1) is 16.2. The van der Waals surface area contributed by atoms with Crippen molar-refractivity contribution in [3.63, 3.8) is 0 Å². The fourth-order valence-electron chi connectivity index (χ4n) is 2.72. The van der Waals surface area contributed by atoms with Crippen LogP contribution in [-0.2, 0) is 11.2 Å². The summed E-state index contributed by atoms with van der Waals surface area (Å²) in [6, 6.07) is 3.89. The third-order valence-corrected chi connectivity index (χ3v) is 4.72. The predicted molar refractivity (Wildman–Crippen MR) is 88.2 cm³/mol.